The van der Waals surface area contributed by atoms with Crippen LogP contribution < -0.4 is 11.3 Å². The molecule has 1 unspecified atom stereocenters. The van der Waals surface area contributed by atoms with Gasteiger partial charge in [0.05, 0.1) is 11.8 Å². The lowest BCUT2D eigenvalue weighted by Crippen LogP contribution is -2.32. The summed E-state index contributed by atoms with van der Waals surface area (Å²) in [6.45, 7) is 4.23. The van der Waals surface area contributed by atoms with E-state index in [0.717, 1.165) is 5.56 Å². The van der Waals surface area contributed by atoms with E-state index in [1.165, 1.54) is 11.8 Å². The number of hydrogen-bond donors (Lipinski definition) is 2. The van der Waals surface area contributed by atoms with Crippen molar-refractivity contribution < 1.29 is 8.42 Å². The van der Waals surface area contributed by atoms with Gasteiger partial charge in [0.25, 0.3) is 0 Å². The van der Waals surface area contributed by atoms with E-state index in [0.29, 0.717) is 5.92 Å². The average Bonchev–Trinajstić information content (AvgIpc) is 2.25. The van der Waals surface area contributed by atoms with Gasteiger partial charge in [0.2, 0.25) is 0 Å². The third-order valence-electron chi connectivity index (χ3n) is 2.68. The van der Waals surface area contributed by atoms with Gasteiger partial charge in [-0.3, -0.25) is 11.3 Å². The maximum Gasteiger partial charge on any atom is 0.149 e. The van der Waals surface area contributed by atoms with Crippen LogP contribution in [0.5, 0.6) is 0 Å². The van der Waals surface area contributed by atoms with E-state index in [9.17, 15) is 8.42 Å². The summed E-state index contributed by atoms with van der Waals surface area (Å²) in [6, 6.07) is 7.50. The maximum absolute atomic E-state index is 11.3. The Bertz CT molecular complexity index is 452. The third kappa shape index (κ3) is 4.46. The van der Waals surface area contributed by atoms with Gasteiger partial charge in [-0.1, -0.05) is 38.1 Å². The standard InChI is InChI=1S/C12H20N2O2S/c1-9(2)10-4-6-11(7-5-10)12(14-13)8-17(3,15)16/h4-7,9,12,14H,8,13H2,1-3H3. The smallest absolute Gasteiger partial charge is 0.149 e. The lowest BCUT2D eigenvalue weighted by Gasteiger charge is -2.16. The third-order valence-corrected chi connectivity index (χ3v) is 3.61. The maximum atomic E-state index is 11.3. The first-order chi connectivity index (χ1) is 7.83. The van der Waals surface area contributed by atoms with Crippen LogP contribution in [0.4, 0.5) is 0 Å². The molecule has 0 saturated heterocycles. The molecule has 5 heteroatoms. The van der Waals surface area contributed by atoms with Crippen LogP contribution in [0.2, 0.25) is 0 Å². The zero-order valence-corrected chi connectivity index (χ0v) is 11.3. The average molecular weight is 256 g/mol. The van der Waals surface area contributed by atoms with E-state index in [-0.39, 0.29) is 11.8 Å². The Morgan fingerprint density at radius 2 is 1.65 bits per heavy atom. The second-order valence-corrected chi connectivity index (χ2v) is 6.82. The molecule has 0 aliphatic rings. The van der Waals surface area contributed by atoms with E-state index in [1.807, 2.05) is 24.3 Å². The first-order valence-corrected chi connectivity index (χ1v) is 7.63. The Hall–Kier alpha value is -0.910. The molecule has 96 valence electrons. The molecule has 0 aliphatic heterocycles. The fourth-order valence-corrected chi connectivity index (χ4v) is 2.55. The zero-order chi connectivity index (χ0) is 13.1. The van der Waals surface area contributed by atoms with Gasteiger partial charge in [0.15, 0.2) is 0 Å². The van der Waals surface area contributed by atoms with Crippen molar-refractivity contribution in [1.82, 2.24) is 5.43 Å². The highest BCUT2D eigenvalue weighted by atomic mass is 32.2. The molecule has 0 saturated carbocycles. The molecule has 0 spiro atoms. The summed E-state index contributed by atoms with van der Waals surface area (Å²) in [4.78, 5) is 0. The number of nitrogens with two attached hydrogens (primary N) is 1. The van der Waals surface area contributed by atoms with Crippen molar-refractivity contribution in [2.45, 2.75) is 25.8 Å². The minimum Gasteiger partial charge on any atom is -0.271 e. The Labute approximate surface area is 103 Å². The molecule has 0 heterocycles. The molecule has 3 N–H and O–H groups in total. The summed E-state index contributed by atoms with van der Waals surface area (Å²) in [5, 5.41) is 0. The van der Waals surface area contributed by atoms with Crippen molar-refractivity contribution in [3.63, 3.8) is 0 Å². The van der Waals surface area contributed by atoms with E-state index < -0.39 is 9.84 Å². The molecule has 0 amide bonds. The minimum atomic E-state index is -3.05. The zero-order valence-electron chi connectivity index (χ0n) is 10.5. The summed E-state index contributed by atoms with van der Waals surface area (Å²) in [5.41, 5.74) is 4.66. The molecule has 17 heavy (non-hydrogen) atoms. The van der Waals surface area contributed by atoms with Crippen LogP contribution in [0.25, 0.3) is 0 Å². The summed E-state index contributed by atoms with van der Waals surface area (Å²) < 4.78 is 22.5. The van der Waals surface area contributed by atoms with Crippen LogP contribution in [-0.4, -0.2) is 20.4 Å². The number of rotatable bonds is 5. The number of sulfone groups is 1. The van der Waals surface area contributed by atoms with Gasteiger partial charge in [-0.2, -0.15) is 0 Å². The fraction of sp³-hybridized carbons (Fsp3) is 0.500. The molecule has 0 aromatic heterocycles. The summed E-state index contributed by atoms with van der Waals surface area (Å²) in [5.74, 6) is 5.86. The van der Waals surface area contributed by atoms with E-state index in [2.05, 4.69) is 19.3 Å². The Kier molecular flexibility index (Phi) is 4.68. The Balaban J connectivity index is 2.90. The quantitative estimate of drug-likeness (QED) is 0.616. The SMILES string of the molecule is CC(C)c1ccc(C(CS(C)(=O)=O)NN)cc1. The summed E-state index contributed by atoms with van der Waals surface area (Å²) in [6.07, 6.45) is 1.21. The molecule has 1 aromatic carbocycles. The molecular formula is C12H20N2O2S. The van der Waals surface area contributed by atoms with Crippen LogP contribution in [0, 0.1) is 0 Å². The van der Waals surface area contributed by atoms with Gasteiger partial charge < -0.3 is 0 Å². The normalized spacial score (nSPS) is 13.9. The first-order valence-electron chi connectivity index (χ1n) is 5.57. The highest BCUT2D eigenvalue weighted by Gasteiger charge is 2.15. The first kappa shape index (κ1) is 14.2. The molecular weight excluding hydrogens is 236 g/mol. The number of nitrogens with one attached hydrogen (secondary N) is 1. The molecule has 1 atom stereocenters. The van der Waals surface area contributed by atoms with Crippen molar-refractivity contribution in [2.75, 3.05) is 12.0 Å². The lowest BCUT2D eigenvalue weighted by atomic mass is 10.00. The summed E-state index contributed by atoms with van der Waals surface area (Å²) in [7, 11) is -3.05. The monoisotopic (exact) mass is 256 g/mol. The molecule has 0 fully saturated rings. The van der Waals surface area contributed by atoms with Crippen molar-refractivity contribution in [3.8, 4) is 0 Å². The second-order valence-electron chi connectivity index (χ2n) is 4.63. The molecule has 0 bridgehead atoms. The van der Waals surface area contributed by atoms with Crippen LogP contribution in [0.1, 0.15) is 36.9 Å². The molecule has 0 radical (unpaired) electrons. The van der Waals surface area contributed by atoms with E-state index in [1.54, 1.807) is 0 Å². The Morgan fingerprint density at radius 1 is 1.18 bits per heavy atom. The topological polar surface area (TPSA) is 72.2 Å². The van der Waals surface area contributed by atoms with Crippen LogP contribution in [0.15, 0.2) is 24.3 Å². The molecule has 0 aliphatic carbocycles. The van der Waals surface area contributed by atoms with Crippen molar-refractivity contribution >= 4 is 9.84 Å². The van der Waals surface area contributed by atoms with E-state index in [4.69, 9.17) is 5.84 Å². The van der Waals surface area contributed by atoms with Crippen molar-refractivity contribution in [3.05, 3.63) is 35.4 Å². The number of hydrazine groups is 1. The predicted molar refractivity (Wildman–Crippen MR) is 70.3 cm³/mol. The highest BCUT2D eigenvalue weighted by Crippen LogP contribution is 2.19. The minimum absolute atomic E-state index is 0.00449. The highest BCUT2D eigenvalue weighted by molar-refractivity contribution is 7.90. The Morgan fingerprint density at radius 3 is 2.00 bits per heavy atom. The van der Waals surface area contributed by atoms with Crippen molar-refractivity contribution in [1.29, 1.82) is 0 Å². The predicted octanol–water partition coefficient (Wildman–Crippen LogP) is 1.36. The van der Waals surface area contributed by atoms with E-state index >= 15 is 0 Å². The van der Waals surface area contributed by atoms with Gasteiger partial charge in [-0.05, 0) is 17.0 Å². The van der Waals surface area contributed by atoms with Gasteiger partial charge in [-0.15, -0.1) is 0 Å². The second kappa shape index (κ2) is 5.62. The van der Waals surface area contributed by atoms with Gasteiger partial charge >= 0.3 is 0 Å². The van der Waals surface area contributed by atoms with Crippen LogP contribution in [-0.2, 0) is 9.84 Å². The fourth-order valence-electron chi connectivity index (χ4n) is 1.66. The van der Waals surface area contributed by atoms with Crippen LogP contribution >= 0.6 is 0 Å². The van der Waals surface area contributed by atoms with Gasteiger partial charge in [0.1, 0.15) is 9.84 Å². The number of hydrogen-bond acceptors (Lipinski definition) is 4. The lowest BCUT2D eigenvalue weighted by molar-refractivity contribution is 0.564. The molecule has 4 nitrogen and oxygen atoms in total. The van der Waals surface area contributed by atoms with Crippen LogP contribution in [0.3, 0.4) is 0 Å². The van der Waals surface area contributed by atoms with Gasteiger partial charge in [0, 0.05) is 6.26 Å². The molecule has 1 aromatic rings. The largest absolute Gasteiger partial charge is 0.271 e. The van der Waals surface area contributed by atoms with Gasteiger partial charge in [-0.25, -0.2) is 8.42 Å². The molecule has 1 rings (SSSR count). The van der Waals surface area contributed by atoms with Crippen molar-refractivity contribution in [2.24, 2.45) is 5.84 Å². The summed E-state index contributed by atoms with van der Waals surface area (Å²) >= 11 is 0. The number of benzene rings is 1.